The molecule has 0 fully saturated rings. The van der Waals surface area contributed by atoms with Crippen LogP contribution in [-0.2, 0) is 0 Å². The Hall–Kier alpha value is -6.47. The van der Waals surface area contributed by atoms with Gasteiger partial charge >= 0.3 is 0 Å². The van der Waals surface area contributed by atoms with Crippen molar-refractivity contribution in [1.82, 2.24) is 9.55 Å². The highest BCUT2D eigenvalue weighted by Gasteiger charge is 2.30. The smallest absolute Gasteiger partial charge is 0.149 e. The Kier molecular flexibility index (Phi) is 7.69. The summed E-state index contributed by atoms with van der Waals surface area (Å²) in [5.41, 5.74) is 8.33. The quantitative estimate of drug-likeness (QED) is 0.167. The first-order chi connectivity index (χ1) is 25.4. The van der Waals surface area contributed by atoms with Gasteiger partial charge in [0.25, 0.3) is 0 Å². The fraction of sp³-hybridized carbons (Fsp3) is 0.0889. The van der Waals surface area contributed by atoms with E-state index in [1.807, 2.05) is 65.6 Å². The molecule has 5 nitrogen and oxygen atoms in total. The van der Waals surface area contributed by atoms with Crippen molar-refractivity contribution >= 4 is 44.6 Å². The fourth-order valence-corrected chi connectivity index (χ4v) is 7.44. The maximum absolute atomic E-state index is 15.2. The molecule has 0 saturated carbocycles. The summed E-state index contributed by atoms with van der Waals surface area (Å²) in [4.78, 5) is 8.71. The van der Waals surface area contributed by atoms with E-state index in [1.165, 1.54) is 17.7 Å². The van der Waals surface area contributed by atoms with Gasteiger partial charge in [-0.25, -0.2) is 13.8 Å². The van der Waals surface area contributed by atoms with Crippen molar-refractivity contribution in [3.63, 3.8) is 0 Å². The molecule has 52 heavy (non-hydrogen) atoms. The number of hydrogen-bond acceptors (Lipinski definition) is 4. The number of fused-ring (bicyclic) bond motifs is 4. The van der Waals surface area contributed by atoms with Gasteiger partial charge < -0.3 is 14.5 Å². The van der Waals surface area contributed by atoms with Crippen molar-refractivity contribution in [2.75, 3.05) is 16.5 Å². The standard InChI is InChI=1S/C45H34F2N4O/c1-29(2)35-11-3-4-12-36(35)30-23-32(49-28-50(43-16-8-7-15-42(43)49)41-21-18-31(46)25-39(41)47)26-34(24-30)52-33-19-20-38-37-13-5-6-14-40(37)51(44(38)27-33)45-17-9-10-22-48-45/h3-27,29H,28H2,1-2H3. The number of benzene rings is 6. The van der Waals surface area contributed by atoms with Gasteiger partial charge in [-0.05, 0) is 89.3 Å². The summed E-state index contributed by atoms with van der Waals surface area (Å²) < 4.78 is 38.1. The van der Waals surface area contributed by atoms with E-state index in [9.17, 15) is 4.39 Å². The summed E-state index contributed by atoms with van der Waals surface area (Å²) in [6, 6.07) is 46.8. The molecule has 0 unspecified atom stereocenters. The lowest BCUT2D eigenvalue weighted by Gasteiger charge is -2.24. The van der Waals surface area contributed by atoms with Crippen LogP contribution in [0.5, 0.6) is 11.5 Å². The van der Waals surface area contributed by atoms with Gasteiger partial charge in [0.1, 0.15) is 35.6 Å². The highest BCUT2D eigenvalue weighted by molar-refractivity contribution is 6.09. The fourth-order valence-electron chi connectivity index (χ4n) is 7.44. The summed E-state index contributed by atoms with van der Waals surface area (Å²) in [7, 11) is 0. The Labute approximate surface area is 300 Å². The Morgan fingerprint density at radius 2 is 1.37 bits per heavy atom. The molecule has 8 aromatic rings. The van der Waals surface area contributed by atoms with E-state index in [4.69, 9.17) is 4.74 Å². The van der Waals surface area contributed by atoms with E-state index >= 15 is 4.39 Å². The molecular formula is C45H34F2N4O. The number of anilines is 4. The zero-order valence-electron chi connectivity index (χ0n) is 28.7. The van der Waals surface area contributed by atoms with E-state index in [-0.39, 0.29) is 0 Å². The number of para-hydroxylation sites is 3. The van der Waals surface area contributed by atoms with Gasteiger partial charge in [0.05, 0.1) is 28.1 Å². The van der Waals surface area contributed by atoms with Crippen LogP contribution in [0.4, 0.5) is 31.5 Å². The number of ether oxygens (including phenoxy) is 1. The Morgan fingerprint density at radius 3 is 2.17 bits per heavy atom. The topological polar surface area (TPSA) is 33.5 Å². The van der Waals surface area contributed by atoms with Crippen molar-refractivity contribution < 1.29 is 13.5 Å². The number of hydrogen-bond donors (Lipinski definition) is 0. The van der Waals surface area contributed by atoms with Gasteiger partial charge in [-0.2, -0.15) is 0 Å². The van der Waals surface area contributed by atoms with Gasteiger partial charge in [0.15, 0.2) is 0 Å². The zero-order valence-corrected chi connectivity index (χ0v) is 28.7. The molecule has 1 aliphatic heterocycles. The molecule has 0 atom stereocenters. The minimum Gasteiger partial charge on any atom is -0.457 e. The molecule has 2 aromatic heterocycles. The number of nitrogens with zero attached hydrogens (tertiary/aromatic N) is 4. The summed E-state index contributed by atoms with van der Waals surface area (Å²) >= 11 is 0. The van der Waals surface area contributed by atoms with Crippen LogP contribution in [0, 0.1) is 11.6 Å². The van der Waals surface area contributed by atoms with E-state index in [0.29, 0.717) is 29.8 Å². The summed E-state index contributed by atoms with van der Waals surface area (Å²) in [6.45, 7) is 4.72. The average molecular weight is 685 g/mol. The van der Waals surface area contributed by atoms with Gasteiger partial charge in [-0.3, -0.25) is 4.57 Å². The highest BCUT2D eigenvalue weighted by atomic mass is 19.1. The molecule has 0 bridgehead atoms. The summed E-state index contributed by atoms with van der Waals surface area (Å²) in [5.74, 6) is 1.25. The molecule has 0 radical (unpaired) electrons. The monoisotopic (exact) mass is 684 g/mol. The predicted octanol–water partition coefficient (Wildman–Crippen LogP) is 12.3. The van der Waals surface area contributed by atoms with E-state index in [2.05, 4.69) is 95.0 Å². The largest absolute Gasteiger partial charge is 0.457 e. The molecule has 0 aliphatic carbocycles. The molecule has 0 spiro atoms. The maximum Gasteiger partial charge on any atom is 0.149 e. The summed E-state index contributed by atoms with van der Waals surface area (Å²) in [6.07, 6.45) is 1.81. The van der Waals surface area contributed by atoms with E-state index in [0.717, 1.165) is 61.9 Å². The Balaban J connectivity index is 1.19. The molecule has 0 N–H and O–H groups in total. The molecule has 0 saturated heterocycles. The third-order valence-corrected chi connectivity index (χ3v) is 9.80. The van der Waals surface area contributed by atoms with Crippen molar-refractivity contribution in [2.45, 2.75) is 19.8 Å². The van der Waals surface area contributed by atoms with Crippen LogP contribution < -0.4 is 14.5 Å². The van der Waals surface area contributed by atoms with Crippen molar-refractivity contribution in [1.29, 1.82) is 0 Å². The lowest BCUT2D eigenvalue weighted by Crippen LogP contribution is -2.24. The van der Waals surface area contributed by atoms with Gasteiger partial charge in [0, 0.05) is 40.9 Å². The minimum atomic E-state index is -0.612. The lowest BCUT2D eigenvalue weighted by molar-refractivity contribution is 0.483. The third-order valence-electron chi connectivity index (χ3n) is 9.80. The maximum atomic E-state index is 15.2. The number of pyridine rings is 1. The third kappa shape index (κ3) is 5.42. The molecule has 1 aliphatic rings. The van der Waals surface area contributed by atoms with Crippen LogP contribution >= 0.6 is 0 Å². The van der Waals surface area contributed by atoms with Crippen LogP contribution in [0.2, 0.25) is 0 Å². The van der Waals surface area contributed by atoms with Gasteiger partial charge in [0.2, 0.25) is 0 Å². The first kappa shape index (κ1) is 31.5. The van der Waals surface area contributed by atoms with Crippen molar-refractivity contribution in [3.8, 4) is 28.4 Å². The van der Waals surface area contributed by atoms with Crippen molar-refractivity contribution in [3.05, 3.63) is 169 Å². The summed E-state index contributed by atoms with van der Waals surface area (Å²) in [5, 5.41) is 2.25. The van der Waals surface area contributed by atoms with Crippen molar-refractivity contribution in [2.24, 2.45) is 0 Å². The van der Waals surface area contributed by atoms with E-state index < -0.39 is 11.6 Å². The van der Waals surface area contributed by atoms with Gasteiger partial charge in [-0.15, -0.1) is 0 Å². The second kappa shape index (κ2) is 12.7. The minimum absolute atomic E-state index is 0.296. The molecular weight excluding hydrogens is 651 g/mol. The molecule has 6 aromatic carbocycles. The first-order valence-electron chi connectivity index (χ1n) is 17.4. The van der Waals surface area contributed by atoms with E-state index in [1.54, 1.807) is 6.20 Å². The molecule has 9 rings (SSSR count). The van der Waals surface area contributed by atoms with Crippen LogP contribution in [0.15, 0.2) is 152 Å². The highest BCUT2D eigenvalue weighted by Crippen LogP contribution is 2.47. The molecule has 3 heterocycles. The van der Waals surface area contributed by atoms with Crippen LogP contribution in [0.25, 0.3) is 38.8 Å². The number of aromatic nitrogens is 2. The Bertz CT molecular complexity index is 2620. The average Bonchev–Trinajstić information content (AvgIpc) is 3.71. The normalized spacial score (nSPS) is 12.6. The van der Waals surface area contributed by atoms with Gasteiger partial charge in [-0.1, -0.05) is 74.5 Å². The molecule has 0 amide bonds. The second-order valence-corrected chi connectivity index (χ2v) is 13.4. The predicted molar refractivity (Wildman–Crippen MR) is 207 cm³/mol. The Morgan fingerprint density at radius 1 is 0.615 bits per heavy atom. The first-order valence-corrected chi connectivity index (χ1v) is 17.4. The van der Waals surface area contributed by atoms with Crippen LogP contribution in [0.1, 0.15) is 25.3 Å². The zero-order chi connectivity index (χ0) is 35.3. The van der Waals surface area contributed by atoms with Crippen LogP contribution in [0.3, 0.4) is 0 Å². The number of halogens is 2. The molecule has 7 heteroatoms. The lowest BCUT2D eigenvalue weighted by atomic mass is 9.92. The second-order valence-electron chi connectivity index (χ2n) is 13.4. The SMILES string of the molecule is CC(C)c1ccccc1-c1cc(Oc2ccc3c4ccccc4n(-c4ccccn4)c3c2)cc(N2CN(c3ccc(F)cc3F)c3ccccc32)c1. The van der Waals surface area contributed by atoms with Crippen LogP contribution in [-0.4, -0.2) is 16.2 Å². The number of rotatable bonds is 7. The molecule has 254 valence electrons.